The van der Waals surface area contributed by atoms with E-state index in [0.717, 1.165) is 17.2 Å². The molecule has 0 spiro atoms. The Bertz CT molecular complexity index is 2970. The highest BCUT2D eigenvalue weighted by molar-refractivity contribution is 6.31. The van der Waals surface area contributed by atoms with E-state index in [2.05, 4.69) is 71.2 Å². The van der Waals surface area contributed by atoms with Gasteiger partial charge in [0.1, 0.15) is 48.4 Å². The third kappa shape index (κ3) is 15.2. The molecule has 0 bridgehead atoms. The molecule has 0 unspecified atom stereocenters. The number of rotatable bonds is 9. The number of H-pyrrole nitrogens is 1. The largest absolute Gasteiger partial charge is 0.393 e. The van der Waals surface area contributed by atoms with E-state index in [1.54, 1.807) is 72.9 Å². The van der Waals surface area contributed by atoms with Crippen LogP contribution in [-0.4, -0.2) is 170 Å². The number of imidazole rings is 2. The number of fused-ring (bicyclic) bond motifs is 2. The number of aromatic nitrogens is 14. The third-order valence-corrected chi connectivity index (χ3v) is 9.33. The lowest BCUT2D eigenvalue weighted by molar-refractivity contribution is -0.384. The summed E-state index contributed by atoms with van der Waals surface area (Å²) in [6.45, 7) is 4.00. The Morgan fingerprint density at radius 3 is 1.39 bits per heavy atom. The van der Waals surface area contributed by atoms with Gasteiger partial charge < -0.3 is 51.6 Å². The van der Waals surface area contributed by atoms with Crippen LogP contribution in [0.1, 0.15) is 13.8 Å². The van der Waals surface area contributed by atoms with Crippen molar-refractivity contribution in [3.05, 3.63) is 78.0 Å². The summed E-state index contributed by atoms with van der Waals surface area (Å²) >= 11 is 5.55. The van der Waals surface area contributed by atoms with Gasteiger partial charge in [-0.15, -0.1) is 0 Å². The predicted molar refractivity (Wildman–Crippen MR) is 284 cm³/mol. The van der Waals surface area contributed by atoms with Crippen LogP contribution in [0.15, 0.2) is 41.2 Å². The van der Waals surface area contributed by atoms with Crippen molar-refractivity contribution in [1.82, 2.24) is 68.5 Å². The lowest BCUT2D eigenvalue weighted by Gasteiger charge is -2.14. The van der Waals surface area contributed by atoms with E-state index in [-0.39, 0.29) is 45.4 Å². The third-order valence-electron chi connectivity index (χ3n) is 9.05. The predicted octanol–water partition coefficient (Wildman–Crippen LogP) is 1.82. The highest BCUT2D eigenvalue weighted by atomic mass is 35.5. The summed E-state index contributed by atoms with van der Waals surface area (Å²) in [4.78, 5) is 93.9. The Labute approximate surface area is 420 Å². The average Bonchev–Trinajstić information content (AvgIpc) is 3.77. The number of aryl methyl sites for hydroxylation is 3. The summed E-state index contributed by atoms with van der Waals surface area (Å²) in [6.07, 6.45) is 6.87. The summed E-state index contributed by atoms with van der Waals surface area (Å²) in [5, 5.41) is 26.7. The van der Waals surface area contributed by atoms with Crippen LogP contribution in [0.2, 0.25) is 5.15 Å². The quantitative estimate of drug-likeness (QED) is 0.0782. The monoisotopic (exact) mass is 1030 g/mol. The summed E-state index contributed by atoms with van der Waals surface area (Å²) in [7, 11) is 27.9. The molecule has 7 heterocycles. The molecule has 0 saturated heterocycles. The molecule has 0 aliphatic heterocycles. The minimum atomic E-state index is -0.600. The first kappa shape index (κ1) is 61.4. The van der Waals surface area contributed by atoms with Crippen LogP contribution in [0, 0.1) is 20.2 Å². The van der Waals surface area contributed by atoms with E-state index in [0.29, 0.717) is 34.1 Å². The zero-order valence-corrected chi connectivity index (χ0v) is 44.6. The molecule has 72 heavy (non-hydrogen) atoms. The first-order valence-corrected chi connectivity index (χ1v) is 21.6. The van der Waals surface area contributed by atoms with Crippen molar-refractivity contribution < 1.29 is 9.85 Å². The number of aromatic amines is 1. The topological polar surface area (TPSA) is 372 Å². The highest BCUT2D eigenvalue weighted by Crippen LogP contribution is 2.31. The minimum absolute atomic E-state index is 0.0893. The SMILES string of the molecule is CC.CN.CN(C)c1ncnc(Cl)c1[N+](=O)[O-].CN(C)c1ncnc2c1[nH]c(=O)n2C.CN(C)c1ncnc2c1n(C)c(=O)n2C.CNc1ncnc(N(C)C)c1N.CNc1ncnc(N(C)C)c1[N+](=O)[O-]. The normalized spacial score (nSPS) is 9.78. The average molecular weight is 1030 g/mol. The second kappa shape index (κ2) is 28.8. The Morgan fingerprint density at radius 2 is 0.944 bits per heavy atom. The molecule has 0 fully saturated rings. The van der Waals surface area contributed by atoms with Gasteiger partial charge in [-0.05, 0) is 7.05 Å². The van der Waals surface area contributed by atoms with Gasteiger partial charge in [0.25, 0.3) is 0 Å². The maximum absolute atomic E-state index is 11.7. The second-order valence-corrected chi connectivity index (χ2v) is 15.2. The molecule has 7 N–H and O–H groups in total. The van der Waals surface area contributed by atoms with Gasteiger partial charge in [-0.3, -0.25) is 33.9 Å². The lowest BCUT2D eigenvalue weighted by Crippen LogP contribution is -2.20. The van der Waals surface area contributed by atoms with Gasteiger partial charge in [0.15, 0.2) is 34.6 Å². The van der Waals surface area contributed by atoms with Gasteiger partial charge in [0.2, 0.25) is 22.6 Å². The fourth-order valence-electron chi connectivity index (χ4n) is 5.83. The molecular formula is C40H66ClN25O6. The van der Waals surface area contributed by atoms with E-state index in [1.807, 2.05) is 70.8 Å². The van der Waals surface area contributed by atoms with E-state index in [4.69, 9.17) is 17.3 Å². The number of nitro groups is 2. The summed E-state index contributed by atoms with van der Waals surface area (Å²) in [5.41, 5.74) is 12.9. The number of nitrogen functional groups attached to an aromatic ring is 1. The van der Waals surface area contributed by atoms with Gasteiger partial charge in [-0.1, -0.05) is 25.4 Å². The molecule has 0 aliphatic rings. The standard InChI is InChI=1S/C9H13N5O.C8H11N5O.C7H11N5O2.C7H13N5.C6H7ClN4O2.C2H6.CH5N/c1-12(2)7-6-8(11-5-10-7)14(4)9(15)13(6)3;1-12(2)6-5-7(10-4-9-6)13(3)8(14)11-5;1-8-6-5(12(13)14)7(11(2)3)10-4-9-6;1-9-6-5(8)7(12(2)3)11-4-10-6;1-10(2)6-4(11(12)13)5(7)8-3-9-6;2*1-2/h5H,1-4H3;4H,1-3H3,(H,11,14);4H,1-3H3,(H,8,9,10);4H,8H2,1-3H3,(H,9,10,11);3H,1-2H3;1-2H3;2H2,1H3. The van der Waals surface area contributed by atoms with Crippen LogP contribution in [0.5, 0.6) is 0 Å². The molecule has 7 aromatic heterocycles. The molecule has 394 valence electrons. The summed E-state index contributed by atoms with van der Waals surface area (Å²) in [6, 6.07) is 0. The van der Waals surface area contributed by atoms with Crippen molar-refractivity contribution in [2.45, 2.75) is 13.8 Å². The van der Waals surface area contributed by atoms with E-state index < -0.39 is 9.85 Å². The Hall–Kier alpha value is -8.61. The zero-order chi connectivity index (χ0) is 55.3. The first-order valence-electron chi connectivity index (χ1n) is 21.2. The fourth-order valence-corrected chi connectivity index (χ4v) is 6.02. The smallest absolute Gasteiger partial charge is 0.353 e. The number of nitrogens with two attached hydrogens (primary N) is 2. The molecule has 0 atom stereocenters. The fraction of sp³-hybridized carbons (Fsp3) is 0.450. The first-order chi connectivity index (χ1) is 33.9. The highest BCUT2D eigenvalue weighted by Gasteiger charge is 2.24. The van der Waals surface area contributed by atoms with Crippen molar-refractivity contribution >= 4 is 91.7 Å². The van der Waals surface area contributed by atoms with Crippen molar-refractivity contribution in [3.8, 4) is 0 Å². The maximum atomic E-state index is 11.7. The van der Waals surface area contributed by atoms with E-state index in [1.165, 1.54) is 52.7 Å². The van der Waals surface area contributed by atoms with E-state index >= 15 is 0 Å². The molecule has 0 amide bonds. The van der Waals surface area contributed by atoms with Crippen LogP contribution < -0.4 is 58.0 Å². The van der Waals surface area contributed by atoms with Crippen molar-refractivity contribution in [1.29, 1.82) is 0 Å². The van der Waals surface area contributed by atoms with E-state index in [9.17, 15) is 29.8 Å². The number of anilines is 8. The minimum Gasteiger partial charge on any atom is -0.393 e. The maximum Gasteiger partial charge on any atom is 0.353 e. The van der Waals surface area contributed by atoms with Gasteiger partial charge >= 0.3 is 22.8 Å². The van der Waals surface area contributed by atoms with Crippen LogP contribution in [0.4, 0.5) is 57.8 Å². The van der Waals surface area contributed by atoms with Crippen molar-refractivity contribution in [3.63, 3.8) is 0 Å². The molecule has 0 aromatic carbocycles. The van der Waals surface area contributed by atoms with Crippen LogP contribution >= 0.6 is 11.6 Å². The number of nitrogens with zero attached hydrogens (tertiary/aromatic N) is 20. The Balaban J connectivity index is 0.000000443. The van der Waals surface area contributed by atoms with Crippen LogP contribution in [-0.2, 0) is 21.1 Å². The van der Waals surface area contributed by atoms with Gasteiger partial charge in [0, 0.05) is 106 Å². The lowest BCUT2D eigenvalue weighted by atomic mass is 10.4. The molecule has 32 heteroatoms. The number of halogens is 1. The van der Waals surface area contributed by atoms with Crippen molar-refractivity contribution in [2.75, 3.05) is 132 Å². The van der Waals surface area contributed by atoms with Gasteiger partial charge in [-0.25, -0.2) is 59.4 Å². The Morgan fingerprint density at radius 1 is 0.556 bits per heavy atom. The van der Waals surface area contributed by atoms with Gasteiger partial charge in [-0.2, -0.15) is 0 Å². The summed E-state index contributed by atoms with van der Waals surface area (Å²) in [5.74, 6) is 3.56. The Kier molecular flexibility index (Phi) is 24.5. The molecule has 0 saturated carbocycles. The molecule has 7 aromatic rings. The summed E-state index contributed by atoms with van der Waals surface area (Å²) < 4.78 is 4.54. The van der Waals surface area contributed by atoms with Crippen LogP contribution in [0.3, 0.4) is 0 Å². The number of hydrogen-bond donors (Lipinski definition) is 5. The zero-order valence-electron chi connectivity index (χ0n) is 43.8. The van der Waals surface area contributed by atoms with Crippen molar-refractivity contribution in [2.24, 2.45) is 26.9 Å². The molecule has 0 radical (unpaired) electrons. The number of hydrogen-bond acceptors (Lipinski definition) is 25. The number of nitrogens with one attached hydrogen (secondary N) is 3. The second-order valence-electron chi connectivity index (χ2n) is 14.8. The molecular weight excluding hydrogens is 962 g/mol. The molecule has 0 aliphatic carbocycles. The molecule has 7 rings (SSSR count). The molecule has 31 nitrogen and oxygen atoms in total. The van der Waals surface area contributed by atoms with Gasteiger partial charge in [0.05, 0.1) is 9.85 Å². The van der Waals surface area contributed by atoms with Crippen LogP contribution in [0.25, 0.3) is 22.3 Å².